The zero-order valence-corrected chi connectivity index (χ0v) is 14.3. The smallest absolute Gasteiger partial charge is 0.267 e. The van der Waals surface area contributed by atoms with E-state index in [2.05, 4.69) is 12.2 Å². The van der Waals surface area contributed by atoms with E-state index in [1.165, 1.54) is 13.5 Å². The minimum absolute atomic E-state index is 0.0962. The third kappa shape index (κ3) is 4.42. The van der Waals surface area contributed by atoms with Gasteiger partial charge in [-0.05, 0) is 30.9 Å². The van der Waals surface area contributed by atoms with Crippen LogP contribution in [0.4, 0.5) is 5.69 Å². The molecule has 6 nitrogen and oxygen atoms in total. The fourth-order valence-electron chi connectivity index (χ4n) is 2.78. The number of nitriles is 1. The highest BCUT2D eigenvalue weighted by Gasteiger charge is 2.17. The van der Waals surface area contributed by atoms with E-state index < -0.39 is 5.91 Å². The molecule has 24 heavy (non-hydrogen) atoms. The molecule has 1 atom stereocenters. The number of nitrogens with zero attached hydrogens (tertiary/aromatic N) is 2. The molecule has 0 bridgehead atoms. The van der Waals surface area contributed by atoms with E-state index in [-0.39, 0.29) is 5.57 Å². The molecule has 0 spiro atoms. The fraction of sp³-hybridized carbons (Fsp3) is 0.444. The van der Waals surface area contributed by atoms with Gasteiger partial charge >= 0.3 is 0 Å². The molecule has 1 unspecified atom stereocenters. The maximum atomic E-state index is 12.4. The van der Waals surface area contributed by atoms with Gasteiger partial charge in [0, 0.05) is 31.0 Å². The summed E-state index contributed by atoms with van der Waals surface area (Å²) in [6, 6.07) is 7.06. The van der Waals surface area contributed by atoms with Crippen molar-refractivity contribution in [3.8, 4) is 17.6 Å². The highest BCUT2D eigenvalue weighted by atomic mass is 16.5. The van der Waals surface area contributed by atoms with Gasteiger partial charge in [0.25, 0.3) is 5.91 Å². The maximum absolute atomic E-state index is 12.4. The number of amides is 1. The van der Waals surface area contributed by atoms with Gasteiger partial charge in [0.15, 0.2) is 11.5 Å². The fourth-order valence-corrected chi connectivity index (χ4v) is 2.78. The van der Waals surface area contributed by atoms with E-state index in [4.69, 9.17) is 9.47 Å². The molecular weight excluding hydrogens is 306 g/mol. The summed E-state index contributed by atoms with van der Waals surface area (Å²) >= 11 is 0. The van der Waals surface area contributed by atoms with Gasteiger partial charge in [0.1, 0.15) is 11.6 Å². The minimum atomic E-state index is -0.428. The van der Waals surface area contributed by atoms with Crippen molar-refractivity contribution in [2.45, 2.75) is 19.8 Å². The number of piperidine rings is 1. The topological polar surface area (TPSA) is 74.6 Å². The molecule has 0 aromatic heterocycles. The van der Waals surface area contributed by atoms with Crippen molar-refractivity contribution < 1.29 is 14.3 Å². The van der Waals surface area contributed by atoms with Crippen molar-refractivity contribution in [2.75, 3.05) is 32.6 Å². The number of anilines is 1. The highest BCUT2D eigenvalue weighted by Crippen LogP contribution is 2.29. The minimum Gasteiger partial charge on any atom is -0.493 e. The number of ether oxygens (including phenoxy) is 2. The van der Waals surface area contributed by atoms with Crippen LogP contribution in [-0.4, -0.2) is 38.1 Å². The lowest BCUT2D eigenvalue weighted by Crippen LogP contribution is -2.31. The number of rotatable bonds is 5. The summed E-state index contributed by atoms with van der Waals surface area (Å²) < 4.78 is 10.4. The van der Waals surface area contributed by atoms with Crippen molar-refractivity contribution in [2.24, 2.45) is 5.92 Å². The molecule has 1 aromatic rings. The second-order valence-electron chi connectivity index (χ2n) is 5.92. The third-order valence-corrected chi connectivity index (χ3v) is 4.01. The molecule has 128 valence electrons. The van der Waals surface area contributed by atoms with Crippen LogP contribution in [-0.2, 0) is 4.79 Å². The molecule has 1 saturated heterocycles. The molecule has 1 aromatic carbocycles. The van der Waals surface area contributed by atoms with Gasteiger partial charge in [-0.3, -0.25) is 4.79 Å². The van der Waals surface area contributed by atoms with Crippen molar-refractivity contribution >= 4 is 11.6 Å². The summed E-state index contributed by atoms with van der Waals surface area (Å²) in [5, 5.41) is 12.0. The Morgan fingerprint density at radius 3 is 2.75 bits per heavy atom. The van der Waals surface area contributed by atoms with Crippen LogP contribution in [0.3, 0.4) is 0 Å². The molecule has 1 aliphatic heterocycles. The largest absolute Gasteiger partial charge is 0.493 e. The first-order chi connectivity index (χ1) is 11.6. The van der Waals surface area contributed by atoms with Gasteiger partial charge in [0.2, 0.25) is 0 Å². The lowest BCUT2D eigenvalue weighted by molar-refractivity contribution is -0.112. The van der Waals surface area contributed by atoms with Gasteiger partial charge in [0.05, 0.1) is 14.2 Å². The average Bonchev–Trinajstić information content (AvgIpc) is 2.59. The van der Waals surface area contributed by atoms with Crippen molar-refractivity contribution in [3.63, 3.8) is 0 Å². The lowest BCUT2D eigenvalue weighted by Gasteiger charge is -2.29. The number of benzene rings is 1. The molecule has 6 heteroatoms. The number of carbonyl (C=O) groups excluding carboxylic acids is 1. The molecular formula is C18H23N3O3. The number of likely N-dealkylation sites (tertiary alicyclic amines) is 1. The average molecular weight is 329 g/mol. The lowest BCUT2D eigenvalue weighted by atomic mass is 10.0. The molecule has 0 saturated carbocycles. The van der Waals surface area contributed by atoms with E-state index in [1.54, 1.807) is 31.5 Å². The van der Waals surface area contributed by atoms with Crippen LogP contribution in [0.5, 0.6) is 11.5 Å². The summed E-state index contributed by atoms with van der Waals surface area (Å²) in [5.41, 5.74) is 0.643. The third-order valence-electron chi connectivity index (χ3n) is 4.01. The second-order valence-corrected chi connectivity index (χ2v) is 5.92. The first-order valence-corrected chi connectivity index (χ1v) is 7.96. The van der Waals surface area contributed by atoms with E-state index in [1.807, 2.05) is 11.0 Å². The van der Waals surface area contributed by atoms with Crippen LogP contribution in [0.2, 0.25) is 0 Å². The molecule has 1 fully saturated rings. The quantitative estimate of drug-likeness (QED) is 0.664. The van der Waals surface area contributed by atoms with Crippen LogP contribution in [0, 0.1) is 17.2 Å². The molecule has 1 heterocycles. The Labute approximate surface area is 142 Å². The van der Waals surface area contributed by atoms with Gasteiger partial charge in [-0.25, -0.2) is 0 Å². The standard InChI is InChI=1S/C18H23N3O3/c1-13-5-4-8-21(11-13)12-14(10-19)18(22)20-15-6-7-16(23-2)17(9-15)24-3/h6-7,9,12-13H,4-5,8,11H2,1-3H3,(H,20,22)/b14-12-. The van der Waals surface area contributed by atoms with Gasteiger partial charge in [-0.15, -0.1) is 0 Å². The van der Waals surface area contributed by atoms with Gasteiger partial charge in [-0.2, -0.15) is 5.26 Å². The monoisotopic (exact) mass is 329 g/mol. The van der Waals surface area contributed by atoms with E-state index >= 15 is 0 Å². The van der Waals surface area contributed by atoms with Crippen LogP contribution in [0.1, 0.15) is 19.8 Å². The Bertz CT molecular complexity index is 664. The van der Waals surface area contributed by atoms with Crippen LogP contribution in [0.15, 0.2) is 30.0 Å². The first-order valence-electron chi connectivity index (χ1n) is 7.96. The first kappa shape index (κ1) is 17.7. The number of hydrogen-bond acceptors (Lipinski definition) is 5. The van der Waals surface area contributed by atoms with Crippen molar-refractivity contribution in [3.05, 3.63) is 30.0 Å². The van der Waals surface area contributed by atoms with Gasteiger partial charge < -0.3 is 19.7 Å². The van der Waals surface area contributed by atoms with E-state index in [9.17, 15) is 10.1 Å². The van der Waals surface area contributed by atoms with E-state index in [0.717, 1.165) is 19.5 Å². The molecule has 1 amide bonds. The summed E-state index contributed by atoms with van der Waals surface area (Å²) in [5.74, 6) is 1.24. The maximum Gasteiger partial charge on any atom is 0.267 e. The highest BCUT2D eigenvalue weighted by molar-refractivity contribution is 6.06. The van der Waals surface area contributed by atoms with Crippen molar-refractivity contribution in [1.29, 1.82) is 5.26 Å². The number of carbonyl (C=O) groups is 1. The summed E-state index contributed by atoms with van der Waals surface area (Å²) in [4.78, 5) is 14.4. The van der Waals surface area contributed by atoms with Crippen LogP contribution < -0.4 is 14.8 Å². The molecule has 2 rings (SSSR count). The Balaban J connectivity index is 2.10. The molecule has 1 aliphatic rings. The zero-order valence-electron chi connectivity index (χ0n) is 14.3. The molecule has 0 aliphatic carbocycles. The van der Waals surface area contributed by atoms with E-state index in [0.29, 0.717) is 23.1 Å². The Hall–Kier alpha value is -2.68. The molecule has 0 radical (unpaired) electrons. The zero-order chi connectivity index (χ0) is 17.5. The Morgan fingerprint density at radius 1 is 1.38 bits per heavy atom. The van der Waals surface area contributed by atoms with Gasteiger partial charge in [-0.1, -0.05) is 6.92 Å². The van der Waals surface area contributed by atoms with Crippen LogP contribution >= 0.6 is 0 Å². The summed E-state index contributed by atoms with van der Waals surface area (Å²) in [7, 11) is 3.08. The number of nitrogens with one attached hydrogen (secondary N) is 1. The summed E-state index contributed by atoms with van der Waals surface area (Å²) in [6.45, 7) is 3.92. The Kier molecular flexibility index (Phi) is 6.07. The number of hydrogen-bond donors (Lipinski definition) is 1. The predicted molar refractivity (Wildman–Crippen MR) is 91.8 cm³/mol. The normalized spacial score (nSPS) is 17.8. The molecule has 1 N–H and O–H groups in total. The SMILES string of the molecule is COc1ccc(NC(=O)/C(C#N)=C\N2CCCC(C)C2)cc1OC. The second kappa shape index (κ2) is 8.25. The predicted octanol–water partition coefficient (Wildman–Crippen LogP) is 2.78. The van der Waals surface area contributed by atoms with Crippen LogP contribution in [0.25, 0.3) is 0 Å². The summed E-state index contributed by atoms with van der Waals surface area (Å²) in [6.07, 6.45) is 3.92. The van der Waals surface area contributed by atoms with Crippen molar-refractivity contribution in [1.82, 2.24) is 4.90 Å². The Morgan fingerprint density at radius 2 is 2.12 bits per heavy atom. The number of methoxy groups -OCH3 is 2.